The normalized spacial score (nSPS) is 21.2. The molecule has 0 heterocycles. The van der Waals surface area contributed by atoms with Crippen LogP contribution >= 0.6 is 0 Å². The Morgan fingerprint density at radius 2 is 0.915 bits per heavy atom. The van der Waals surface area contributed by atoms with Crippen LogP contribution in [0.3, 0.4) is 0 Å². The predicted octanol–water partition coefficient (Wildman–Crippen LogP) is 13.0. The lowest BCUT2D eigenvalue weighted by Gasteiger charge is -2.35. The molecule has 0 radical (unpaired) electrons. The topological polar surface area (TPSA) is 0 Å². The maximum Gasteiger partial charge on any atom is 0.0636 e. The van der Waals surface area contributed by atoms with Crippen molar-refractivity contribution in [1.29, 1.82) is 0 Å². The van der Waals surface area contributed by atoms with Crippen molar-refractivity contribution in [1.82, 2.24) is 0 Å². The number of hydrogen-bond donors (Lipinski definition) is 0. The van der Waals surface area contributed by atoms with E-state index >= 15 is 0 Å². The molecule has 9 aromatic rings. The molecular formula is C47H32. The third kappa shape index (κ3) is 3.76. The maximum atomic E-state index is 10.1. The fraction of sp³-hybridized carbons (Fsp3) is 0.0638. The van der Waals surface area contributed by atoms with Crippen LogP contribution in [0.2, 0.25) is 0 Å². The summed E-state index contributed by atoms with van der Waals surface area (Å²) in [5, 5.41) is -3.34. The summed E-state index contributed by atoms with van der Waals surface area (Å²) < 4.78 is 238. The first kappa shape index (κ1) is 11.5. The summed E-state index contributed by atoms with van der Waals surface area (Å²) in [4.78, 5) is 0. The molecule has 9 aromatic carbocycles. The minimum absolute atomic E-state index is 0.101. The van der Waals surface area contributed by atoms with Crippen molar-refractivity contribution in [2.24, 2.45) is 0 Å². The highest BCUT2D eigenvalue weighted by molar-refractivity contribution is 6.25. The van der Waals surface area contributed by atoms with E-state index in [9.17, 15) is 15.1 Å². The monoisotopic (exact) mass is 622 g/mol. The van der Waals surface area contributed by atoms with Crippen molar-refractivity contribution in [3.63, 3.8) is 0 Å². The highest BCUT2D eigenvalue weighted by atomic mass is 14.4. The molecule has 0 fully saturated rings. The van der Waals surface area contributed by atoms with E-state index in [1.165, 1.54) is 13.8 Å². The fourth-order valence-electron chi connectivity index (χ4n) is 6.50. The summed E-state index contributed by atoms with van der Waals surface area (Å²) >= 11 is 0. The Hall–Kier alpha value is -5.72. The van der Waals surface area contributed by atoms with Crippen LogP contribution in [0.15, 0.2) is 157 Å². The Labute approximate surface area is 311 Å². The molecule has 0 unspecified atom stereocenters. The minimum atomic E-state index is -1.63. The summed E-state index contributed by atoms with van der Waals surface area (Å²) in [6.45, 7) is 2.98. The molecule has 0 aliphatic heterocycles. The summed E-state index contributed by atoms with van der Waals surface area (Å²) in [6.07, 6.45) is 0. The number of rotatable bonds is 3. The van der Waals surface area contributed by atoms with Gasteiger partial charge < -0.3 is 0 Å². The SMILES string of the molecule is [2H]c1c([2H])c([2H])c(-c2c([2H])c(-c3c([2H])c([2H])c4c5c(c([2H])c([2H])c([2H])c35)C(C)(C)c3c([2H])c([2H])c([2H])c([2H])c3-4)c([2H])c(-c3c([2H])c([2H])c4c([2H])c([2H])c5c([2H])c([2H])c([2H])c6c([2H])c([2H])c3c4c56)c2[2H])c([2H])c1[2H]. The van der Waals surface area contributed by atoms with E-state index in [4.69, 9.17) is 20.6 Å². The lowest BCUT2D eigenvalue weighted by atomic mass is 9.68. The molecule has 0 amide bonds. The highest BCUT2D eigenvalue weighted by Gasteiger charge is 2.33. The molecule has 0 aromatic heterocycles. The van der Waals surface area contributed by atoms with Gasteiger partial charge in [0.1, 0.15) is 0 Å². The van der Waals surface area contributed by atoms with Crippen LogP contribution in [0.4, 0.5) is 0 Å². The predicted molar refractivity (Wildman–Crippen MR) is 202 cm³/mol. The van der Waals surface area contributed by atoms with Crippen molar-refractivity contribution in [2.45, 2.75) is 19.3 Å². The van der Waals surface area contributed by atoms with E-state index in [1.807, 2.05) is 0 Å². The van der Waals surface area contributed by atoms with Crippen LogP contribution in [0, 0.1) is 0 Å². The molecule has 0 N–H and O–H groups in total. The van der Waals surface area contributed by atoms with Gasteiger partial charge in [0.05, 0.1) is 35.6 Å². The smallest absolute Gasteiger partial charge is 0.0622 e. The average molecular weight is 623 g/mol. The zero-order chi connectivity index (χ0) is 53.9. The molecule has 0 heteroatoms. The third-order valence-electron chi connectivity index (χ3n) is 8.69. The van der Waals surface area contributed by atoms with Gasteiger partial charge in [0.2, 0.25) is 0 Å². The van der Waals surface area contributed by atoms with E-state index in [0.717, 1.165) is 0 Å². The Morgan fingerprint density at radius 1 is 0.362 bits per heavy atom. The van der Waals surface area contributed by atoms with E-state index in [1.54, 1.807) is 0 Å². The Bertz CT molecular complexity index is 4120. The standard InChI is InChI=1S/C47H32/c1-47(2)42-16-7-6-14-38(42)41-25-24-37(39-15-9-17-43(47)46(39)41)35-27-33(29-10-4-3-5-11-29)26-34(28-35)36-22-20-32-19-18-30-12-8-13-31-21-23-40(36)45(32)44(30)31/h3-28H,1-2H3/i3D,4D,5D,6D,7D,8D,9D,10D,11D,12D,13D,14D,15D,16D,17D,18D,19D,20D,21D,22D,23D,24D,25D,26D,27D,28D. The molecule has 0 saturated carbocycles. The largest absolute Gasteiger partial charge is 0.0636 e. The Morgan fingerprint density at radius 3 is 1.70 bits per heavy atom. The lowest BCUT2D eigenvalue weighted by molar-refractivity contribution is 0.645. The summed E-state index contributed by atoms with van der Waals surface area (Å²) in [5.74, 6) is 0. The zero-order valence-electron chi connectivity index (χ0n) is 50.5. The van der Waals surface area contributed by atoms with Crippen LogP contribution in [-0.2, 0) is 5.41 Å². The number of hydrogen-bond acceptors (Lipinski definition) is 0. The van der Waals surface area contributed by atoms with Crippen LogP contribution < -0.4 is 0 Å². The second kappa shape index (κ2) is 9.64. The minimum Gasteiger partial charge on any atom is -0.0622 e. The second-order valence-electron chi connectivity index (χ2n) is 11.6. The van der Waals surface area contributed by atoms with Crippen LogP contribution in [-0.4, -0.2) is 0 Å². The van der Waals surface area contributed by atoms with Gasteiger partial charge in [0, 0.05) is 5.41 Å². The second-order valence-corrected chi connectivity index (χ2v) is 11.6. The molecule has 0 saturated heterocycles. The van der Waals surface area contributed by atoms with E-state index in [-0.39, 0.29) is 38.4 Å². The summed E-state index contributed by atoms with van der Waals surface area (Å²) in [5.41, 5.74) is -7.33. The first-order valence-electron chi connectivity index (χ1n) is 27.5. The van der Waals surface area contributed by atoms with E-state index in [2.05, 4.69) is 0 Å². The molecule has 0 nitrogen and oxygen atoms in total. The van der Waals surface area contributed by atoms with Crippen LogP contribution in [0.1, 0.15) is 60.6 Å². The first-order chi connectivity index (χ1) is 33.9. The molecule has 1 aliphatic rings. The van der Waals surface area contributed by atoms with Crippen molar-refractivity contribution < 1.29 is 35.6 Å². The van der Waals surface area contributed by atoms with Crippen LogP contribution in [0.25, 0.3) is 87.6 Å². The Balaban J connectivity index is 1.53. The van der Waals surface area contributed by atoms with Gasteiger partial charge in [-0.25, -0.2) is 0 Å². The van der Waals surface area contributed by atoms with Gasteiger partial charge in [0.15, 0.2) is 0 Å². The van der Waals surface area contributed by atoms with Gasteiger partial charge in [-0.05, 0) is 117 Å². The molecule has 10 rings (SSSR count). The van der Waals surface area contributed by atoms with Gasteiger partial charge >= 0.3 is 0 Å². The molecule has 0 bridgehead atoms. The molecular weight excluding hydrogens is 565 g/mol. The van der Waals surface area contributed by atoms with E-state index < -0.39 is 223 Å². The van der Waals surface area contributed by atoms with Crippen LogP contribution in [0.5, 0.6) is 0 Å². The summed E-state index contributed by atoms with van der Waals surface area (Å²) in [6, 6.07) is -21.6. The van der Waals surface area contributed by atoms with Gasteiger partial charge in [-0.1, -0.05) is 153 Å². The molecule has 1 aliphatic carbocycles. The van der Waals surface area contributed by atoms with Crippen molar-refractivity contribution in [2.75, 3.05) is 0 Å². The number of fused-ring (bicyclic) bond motifs is 2. The van der Waals surface area contributed by atoms with Crippen molar-refractivity contribution in [3.05, 3.63) is 168 Å². The fourth-order valence-corrected chi connectivity index (χ4v) is 6.50. The first-order valence-corrected chi connectivity index (χ1v) is 14.5. The number of benzene rings is 9. The summed E-state index contributed by atoms with van der Waals surface area (Å²) in [7, 11) is 0. The molecule has 220 valence electrons. The Kier molecular flexibility index (Phi) is 2.36. The van der Waals surface area contributed by atoms with Gasteiger partial charge in [-0.3, -0.25) is 0 Å². The molecule has 0 atom stereocenters. The third-order valence-corrected chi connectivity index (χ3v) is 8.69. The van der Waals surface area contributed by atoms with E-state index in [0.29, 0.717) is 0 Å². The maximum absolute atomic E-state index is 10.1. The van der Waals surface area contributed by atoms with Gasteiger partial charge in [-0.15, -0.1) is 0 Å². The van der Waals surface area contributed by atoms with Crippen molar-refractivity contribution >= 4 is 43.1 Å². The molecule has 0 spiro atoms. The van der Waals surface area contributed by atoms with Crippen molar-refractivity contribution in [3.8, 4) is 44.5 Å². The lowest BCUT2D eigenvalue weighted by Crippen LogP contribution is -2.23. The molecule has 47 heavy (non-hydrogen) atoms. The van der Waals surface area contributed by atoms with Gasteiger partial charge in [0.25, 0.3) is 0 Å². The van der Waals surface area contributed by atoms with Gasteiger partial charge in [-0.2, -0.15) is 0 Å². The zero-order valence-corrected chi connectivity index (χ0v) is 24.5. The highest BCUT2D eigenvalue weighted by Crippen LogP contribution is 2.50. The average Bonchev–Trinajstić information content (AvgIpc) is 3.33. The quantitative estimate of drug-likeness (QED) is 0.172.